The summed E-state index contributed by atoms with van der Waals surface area (Å²) in [5.41, 5.74) is 9.05. The van der Waals surface area contributed by atoms with Crippen molar-refractivity contribution >= 4 is 21.9 Å². The second kappa shape index (κ2) is 3.35. The van der Waals surface area contributed by atoms with Crippen LogP contribution in [0.1, 0.15) is 37.8 Å². The number of hydrogen-bond donors (Lipinski definition) is 0. The van der Waals surface area contributed by atoms with Crippen LogP contribution in [0.15, 0.2) is 47.5 Å². The highest BCUT2D eigenvalue weighted by Crippen LogP contribution is 2.51. The predicted molar refractivity (Wildman–Crippen MR) is 78.4 cm³/mol. The zero-order valence-electron chi connectivity index (χ0n) is 10.9. The molecule has 0 unspecified atom stereocenters. The standard InChI is InChI=1S/C18H16/c1-11-9-10-12(2)17-15-8-4-6-13-5-3-7-14(16(11)17)18(13)15/h3-8H,9-10H2,1-2H3. The van der Waals surface area contributed by atoms with E-state index in [9.17, 15) is 0 Å². The first-order valence-corrected chi connectivity index (χ1v) is 6.70. The molecule has 4 rings (SSSR count). The number of allylic oxidation sites excluding steroid dienone is 4. The lowest BCUT2D eigenvalue weighted by Crippen LogP contribution is -1.97. The largest absolute Gasteiger partial charge is 0.0645 e. The molecule has 0 bridgehead atoms. The first kappa shape index (κ1) is 10.1. The lowest BCUT2D eigenvalue weighted by molar-refractivity contribution is 0.918. The quantitative estimate of drug-likeness (QED) is 0.586. The third kappa shape index (κ3) is 1.11. The molecule has 2 aliphatic carbocycles. The monoisotopic (exact) mass is 232 g/mol. The lowest BCUT2D eigenvalue weighted by atomic mass is 9.85. The van der Waals surface area contributed by atoms with Crippen LogP contribution in [0.2, 0.25) is 0 Å². The average Bonchev–Trinajstić information content (AvgIpc) is 2.73. The third-order valence-electron chi connectivity index (χ3n) is 4.42. The van der Waals surface area contributed by atoms with E-state index < -0.39 is 0 Å². The van der Waals surface area contributed by atoms with Gasteiger partial charge in [-0.2, -0.15) is 0 Å². The van der Waals surface area contributed by atoms with Crippen LogP contribution in [-0.4, -0.2) is 0 Å². The van der Waals surface area contributed by atoms with Crippen LogP contribution in [-0.2, 0) is 0 Å². The molecule has 0 saturated carbocycles. The minimum absolute atomic E-state index is 1.22. The zero-order valence-corrected chi connectivity index (χ0v) is 10.9. The van der Waals surface area contributed by atoms with Gasteiger partial charge in [-0.3, -0.25) is 0 Å². The second-order valence-corrected chi connectivity index (χ2v) is 5.52. The summed E-state index contributed by atoms with van der Waals surface area (Å²) in [5.74, 6) is 0. The van der Waals surface area contributed by atoms with Crippen molar-refractivity contribution in [1.29, 1.82) is 0 Å². The molecule has 0 atom stereocenters. The van der Waals surface area contributed by atoms with Gasteiger partial charge in [0.05, 0.1) is 0 Å². The Bertz CT molecular complexity index is 681. The van der Waals surface area contributed by atoms with Crippen molar-refractivity contribution in [3.63, 3.8) is 0 Å². The molecular weight excluding hydrogens is 216 g/mol. The van der Waals surface area contributed by atoms with E-state index in [-0.39, 0.29) is 0 Å². The summed E-state index contributed by atoms with van der Waals surface area (Å²) in [7, 11) is 0. The van der Waals surface area contributed by atoms with Crippen molar-refractivity contribution in [3.05, 3.63) is 58.7 Å². The van der Waals surface area contributed by atoms with Gasteiger partial charge in [-0.1, -0.05) is 47.5 Å². The molecule has 2 aliphatic rings. The Morgan fingerprint density at radius 1 is 0.722 bits per heavy atom. The average molecular weight is 232 g/mol. The van der Waals surface area contributed by atoms with E-state index in [1.807, 2.05) is 0 Å². The topological polar surface area (TPSA) is 0 Å². The normalized spacial score (nSPS) is 17.7. The molecule has 2 aromatic rings. The number of hydrogen-bond acceptors (Lipinski definition) is 0. The summed E-state index contributed by atoms with van der Waals surface area (Å²) < 4.78 is 0. The van der Waals surface area contributed by atoms with Crippen molar-refractivity contribution in [3.8, 4) is 0 Å². The Balaban J connectivity index is 2.25. The molecule has 2 aromatic carbocycles. The maximum atomic E-state index is 2.30. The second-order valence-electron chi connectivity index (χ2n) is 5.52. The van der Waals surface area contributed by atoms with E-state index in [0.29, 0.717) is 0 Å². The van der Waals surface area contributed by atoms with Crippen molar-refractivity contribution in [2.24, 2.45) is 0 Å². The molecule has 0 aromatic heterocycles. The van der Waals surface area contributed by atoms with Gasteiger partial charge in [0.15, 0.2) is 0 Å². The Morgan fingerprint density at radius 2 is 1.22 bits per heavy atom. The summed E-state index contributed by atoms with van der Waals surface area (Å²) in [6, 6.07) is 13.4. The van der Waals surface area contributed by atoms with Crippen molar-refractivity contribution < 1.29 is 0 Å². The van der Waals surface area contributed by atoms with E-state index in [1.165, 1.54) is 45.9 Å². The highest BCUT2D eigenvalue weighted by molar-refractivity contribution is 6.23. The van der Waals surface area contributed by atoms with Gasteiger partial charge in [0.2, 0.25) is 0 Å². The van der Waals surface area contributed by atoms with Crippen molar-refractivity contribution in [2.75, 3.05) is 0 Å². The van der Waals surface area contributed by atoms with Crippen LogP contribution in [0.4, 0.5) is 0 Å². The molecule has 0 radical (unpaired) electrons. The summed E-state index contributed by atoms with van der Waals surface area (Å²) in [6.07, 6.45) is 2.43. The Kier molecular flexibility index (Phi) is 1.89. The Hall–Kier alpha value is -1.82. The van der Waals surface area contributed by atoms with Gasteiger partial charge in [0, 0.05) is 0 Å². The lowest BCUT2D eigenvalue weighted by Gasteiger charge is -2.19. The summed E-state index contributed by atoms with van der Waals surface area (Å²) >= 11 is 0. The molecule has 0 amide bonds. The maximum Gasteiger partial charge on any atom is -0.00264 e. The first-order chi connectivity index (χ1) is 8.77. The van der Waals surface area contributed by atoms with Gasteiger partial charge in [-0.05, 0) is 59.7 Å². The van der Waals surface area contributed by atoms with Crippen LogP contribution >= 0.6 is 0 Å². The zero-order chi connectivity index (χ0) is 12.3. The fourth-order valence-corrected chi connectivity index (χ4v) is 3.54. The molecule has 18 heavy (non-hydrogen) atoms. The molecular formula is C18H16. The van der Waals surface area contributed by atoms with Gasteiger partial charge in [0.25, 0.3) is 0 Å². The molecule has 0 heterocycles. The summed E-state index contributed by atoms with van der Waals surface area (Å²) in [5, 5.41) is 2.84. The molecule has 0 fully saturated rings. The third-order valence-corrected chi connectivity index (χ3v) is 4.42. The van der Waals surface area contributed by atoms with Crippen LogP contribution in [0, 0.1) is 0 Å². The number of benzene rings is 2. The van der Waals surface area contributed by atoms with E-state index in [0.717, 1.165) is 0 Å². The molecule has 0 aliphatic heterocycles. The highest BCUT2D eigenvalue weighted by Gasteiger charge is 2.28. The van der Waals surface area contributed by atoms with Gasteiger partial charge in [-0.15, -0.1) is 0 Å². The van der Waals surface area contributed by atoms with Crippen LogP contribution < -0.4 is 0 Å². The smallest absolute Gasteiger partial charge is 0.00264 e. The van der Waals surface area contributed by atoms with Gasteiger partial charge >= 0.3 is 0 Å². The fourth-order valence-electron chi connectivity index (χ4n) is 3.54. The summed E-state index contributed by atoms with van der Waals surface area (Å²) in [6.45, 7) is 4.60. The SMILES string of the molecule is CC1=C2C(=C(C)CC1)c1cccc3cccc2c13. The number of fused-ring (bicyclic) bond motifs is 3. The van der Waals surface area contributed by atoms with E-state index in [2.05, 4.69) is 50.2 Å². The maximum absolute atomic E-state index is 2.30. The van der Waals surface area contributed by atoms with Gasteiger partial charge in [-0.25, -0.2) is 0 Å². The molecule has 0 spiro atoms. The highest BCUT2D eigenvalue weighted by atomic mass is 14.3. The van der Waals surface area contributed by atoms with E-state index >= 15 is 0 Å². The van der Waals surface area contributed by atoms with Crippen molar-refractivity contribution in [2.45, 2.75) is 26.7 Å². The summed E-state index contributed by atoms with van der Waals surface area (Å²) in [4.78, 5) is 0. The minimum Gasteiger partial charge on any atom is -0.0645 e. The van der Waals surface area contributed by atoms with Gasteiger partial charge in [0.1, 0.15) is 0 Å². The van der Waals surface area contributed by atoms with Crippen LogP contribution in [0.25, 0.3) is 21.9 Å². The van der Waals surface area contributed by atoms with Crippen LogP contribution in [0.3, 0.4) is 0 Å². The molecule has 0 N–H and O–H groups in total. The van der Waals surface area contributed by atoms with E-state index in [4.69, 9.17) is 0 Å². The predicted octanol–water partition coefficient (Wildman–Crippen LogP) is 5.19. The van der Waals surface area contributed by atoms with Crippen LogP contribution in [0.5, 0.6) is 0 Å². The van der Waals surface area contributed by atoms with E-state index in [1.54, 1.807) is 11.1 Å². The molecule has 0 saturated heterocycles. The Morgan fingerprint density at radius 3 is 1.72 bits per heavy atom. The fraction of sp³-hybridized carbons (Fsp3) is 0.222. The first-order valence-electron chi connectivity index (χ1n) is 6.70. The minimum atomic E-state index is 1.22. The Labute approximate surface area is 108 Å². The van der Waals surface area contributed by atoms with Crippen molar-refractivity contribution in [1.82, 2.24) is 0 Å². The van der Waals surface area contributed by atoms with Gasteiger partial charge < -0.3 is 0 Å². The number of rotatable bonds is 0. The molecule has 0 nitrogen and oxygen atoms in total. The molecule has 0 heteroatoms. The molecule has 88 valence electrons.